The summed E-state index contributed by atoms with van der Waals surface area (Å²) in [4.78, 5) is 11.6. The van der Waals surface area contributed by atoms with E-state index < -0.39 is 0 Å². The molecular formula is C14H18O3. The van der Waals surface area contributed by atoms with Crippen LogP contribution in [0, 0.1) is 5.92 Å². The van der Waals surface area contributed by atoms with Gasteiger partial charge in [0, 0.05) is 12.3 Å². The van der Waals surface area contributed by atoms with E-state index in [0.717, 1.165) is 5.56 Å². The fraction of sp³-hybridized carbons (Fsp3) is 0.500. The molecule has 0 saturated carbocycles. The molecule has 3 atom stereocenters. The van der Waals surface area contributed by atoms with Crippen LogP contribution in [0.5, 0.6) is 0 Å². The lowest BCUT2D eigenvalue weighted by Crippen LogP contribution is -2.39. The molecule has 1 fully saturated rings. The molecule has 3 heteroatoms. The molecule has 2 rings (SSSR count). The van der Waals surface area contributed by atoms with Crippen molar-refractivity contribution in [1.82, 2.24) is 0 Å². The van der Waals surface area contributed by atoms with Gasteiger partial charge in [0.15, 0.2) is 12.1 Å². The number of Topliss-reactive ketones (excluding diaryl/α,β-unsaturated/α-hetero) is 1. The molecular weight excluding hydrogens is 216 g/mol. The molecule has 0 radical (unpaired) electrons. The van der Waals surface area contributed by atoms with Gasteiger partial charge in [-0.15, -0.1) is 0 Å². The smallest absolute Gasteiger partial charge is 0.164 e. The first kappa shape index (κ1) is 12.3. The van der Waals surface area contributed by atoms with Crippen LogP contribution in [0.4, 0.5) is 0 Å². The lowest BCUT2D eigenvalue weighted by Gasteiger charge is -2.30. The minimum atomic E-state index is -0.348. The van der Waals surface area contributed by atoms with Crippen LogP contribution in [0.25, 0.3) is 0 Å². The minimum absolute atomic E-state index is 0.0273. The number of benzene rings is 1. The predicted molar refractivity (Wildman–Crippen MR) is 64.4 cm³/mol. The van der Waals surface area contributed by atoms with Crippen molar-refractivity contribution in [2.75, 3.05) is 0 Å². The highest BCUT2D eigenvalue weighted by molar-refractivity contribution is 5.85. The molecule has 3 nitrogen and oxygen atoms in total. The van der Waals surface area contributed by atoms with Gasteiger partial charge >= 0.3 is 0 Å². The van der Waals surface area contributed by atoms with Crippen LogP contribution in [-0.2, 0) is 20.9 Å². The maximum atomic E-state index is 11.6. The number of ether oxygens (including phenoxy) is 2. The molecule has 1 saturated heterocycles. The van der Waals surface area contributed by atoms with E-state index in [1.54, 1.807) is 6.92 Å². The van der Waals surface area contributed by atoms with Crippen LogP contribution >= 0.6 is 0 Å². The first-order valence-electron chi connectivity index (χ1n) is 6.01. The number of hydrogen-bond acceptors (Lipinski definition) is 3. The van der Waals surface area contributed by atoms with Crippen molar-refractivity contribution < 1.29 is 14.3 Å². The average Bonchev–Trinajstić information content (AvgIpc) is 2.34. The Balaban J connectivity index is 1.86. The Morgan fingerprint density at radius 3 is 2.65 bits per heavy atom. The standard InChI is InChI=1S/C14H18O3/c1-10-8-13(17-11(2)14(10)15)16-9-12-6-4-3-5-7-12/h3-7,10-11,13H,8-9H2,1-2H3/t10-,11-,13+/m0/s1. The Hall–Kier alpha value is -1.19. The van der Waals surface area contributed by atoms with Gasteiger partial charge in [-0.25, -0.2) is 0 Å². The summed E-state index contributed by atoms with van der Waals surface area (Å²) >= 11 is 0. The van der Waals surface area contributed by atoms with Crippen molar-refractivity contribution in [2.45, 2.75) is 39.3 Å². The SMILES string of the molecule is C[C@@H]1O[C@@H](OCc2ccccc2)C[C@H](C)C1=O. The van der Waals surface area contributed by atoms with Crippen LogP contribution in [0.15, 0.2) is 30.3 Å². The Morgan fingerprint density at radius 1 is 1.29 bits per heavy atom. The normalized spacial score (nSPS) is 29.3. The molecule has 0 N–H and O–H groups in total. The Labute approximate surface area is 102 Å². The summed E-state index contributed by atoms with van der Waals surface area (Å²) in [6, 6.07) is 9.97. The highest BCUT2D eigenvalue weighted by Crippen LogP contribution is 2.22. The van der Waals surface area contributed by atoms with Crippen molar-refractivity contribution in [3.63, 3.8) is 0 Å². The van der Waals surface area contributed by atoms with Gasteiger partial charge in [-0.1, -0.05) is 37.3 Å². The molecule has 1 aromatic carbocycles. The van der Waals surface area contributed by atoms with Gasteiger partial charge in [-0.2, -0.15) is 0 Å². The Kier molecular flexibility index (Phi) is 3.92. The summed E-state index contributed by atoms with van der Waals surface area (Å²) in [6.07, 6.45) is 0.0353. The molecule has 92 valence electrons. The molecule has 0 unspecified atom stereocenters. The van der Waals surface area contributed by atoms with Gasteiger partial charge in [-0.3, -0.25) is 4.79 Å². The van der Waals surface area contributed by atoms with Crippen LogP contribution < -0.4 is 0 Å². The number of ketones is 1. The summed E-state index contributed by atoms with van der Waals surface area (Å²) in [7, 11) is 0. The van der Waals surface area contributed by atoms with Gasteiger partial charge < -0.3 is 9.47 Å². The second-order valence-electron chi connectivity index (χ2n) is 4.54. The van der Waals surface area contributed by atoms with Crippen molar-refractivity contribution in [3.8, 4) is 0 Å². The van der Waals surface area contributed by atoms with E-state index in [9.17, 15) is 4.79 Å². The number of carbonyl (C=O) groups excluding carboxylic acids is 1. The second kappa shape index (κ2) is 5.43. The first-order chi connectivity index (χ1) is 8.16. The van der Waals surface area contributed by atoms with E-state index in [0.29, 0.717) is 13.0 Å². The summed E-state index contributed by atoms with van der Waals surface area (Å²) in [5.41, 5.74) is 1.12. The van der Waals surface area contributed by atoms with Gasteiger partial charge in [0.25, 0.3) is 0 Å². The minimum Gasteiger partial charge on any atom is -0.348 e. The van der Waals surface area contributed by atoms with Crippen LogP contribution in [0.1, 0.15) is 25.8 Å². The van der Waals surface area contributed by atoms with Crippen LogP contribution in [-0.4, -0.2) is 18.2 Å². The lowest BCUT2D eigenvalue weighted by atomic mass is 9.96. The molecule has 17 heavy (non-hydrogen) atoms. The Morgan fingerprint density at radius 2 is 2.00 bits per heavy atom. The Bertz CT molecular complexity index is 360. The molecule has 0 amide bonds. The van der Waals surface area contributed by atoms with Crippen molar-refractivity contribution in [1.29, 1.82) is 0 Å². The maximum Gasteiger partial charge on any atom is 0.164 e. The average molecular weight is 234 g/mol. The van der Waals surface area contributed by atoms with E-state index in [4.69, 9.17) is 9.47 Å². The molecule has 1 heterocycles. The molecule has 0 aromatic heterocycles. The van der Waals surface area contributed by atoms with Gasteiger partial charge in [-0.05, 0) is 12.5 Å². The first-order valence-corrected chi connectivity index (χ1v) is 6.01. The van der Waals surface area contributed by atoms with Gasteiger partial charge in [0.05, 0.1) is 6.61 Å². The van der Waals surface area contributed by atoms with E-state index in [2.05, 4.69) is 0 Å². The monoisotopic (exact) mass is 234 g/mol. The molecule has 0 aliphatic carbocycles. The zero-order valence-corrected chi connectivity index (χ0v) is 10.3. The second-order valence-corrected chi connectivity index (χ2v) is 4.54. The highest BCUT2D eigenvalue weighted by Gasteiger charge is 2.32. The molecule has 1 aromatic rings. The lowest BCUT2D eigenvalue weighted by molar-refractivity contribution is -0.204. The molecule has 1 aliphatic heterocycles. The zero-order valence-electron chi connectivity index (χ0n) is 10.3. The molecule has 1 aliphatic rings. The predicted octanol–water partition coefficient (Wildman–Crippen LogP) is 2.54. The van der Waals surface area contributed by atoms with Gasteiger partial charge in [0.2, 0.25) is 0 Å². The summed E-state index contributed by atoms with van der Waals surface area (Å²) in [5, 5.41) is 0. The molecule has 0 spiro atoms. The van der Waals surface area contributed by atoms with Gasteiger partial charge in [0.1, 0.15) is 6.10 Å². The fourth-order valence-electron chi connectivity index (χ4n) is 2.03. The number of hydrogen-bond donors (Lipinski definition) is 0. The number of carbonyl (C=O) groups is 1. The van der Waals surface area contributed by atoms with Crippen molar-refractivity contribution in [2.24, 2.45) is 5.92 Å². The summed E-state index contributed by atoms with van der Waals surface area (Å²) in [6.45, 7) is 4.25. The summed E-state index contributed by atoms with van der Waals surface area (Å²) in [5.74, 6) is 0.198. The largest absolute Gasteiger partial charge is 0.348 e. The maximum absolute atomic E-state index is 11.6. The van der Waals surface area contributed by atoms with E-state index in [1.165, 1.54) is 0 Å². The molecule has 0 bridgehead atoms. The zero-order chi connectivity index (χ0) is 12.3. The third kappa shape index (κ3) is 3.14. The van der Waals surface area contributed by atoms with Crippen molar-refractivity contribution >= 4 is 5.78 Å². The van der Waals surface area contributed by atoms with E-state index in [1.807, 2.05) is 37.3 Å². The third-order valence-corrected chi connectivity index (χ3v) is 3.07. The van der Waals surface area contributed by atoms with E-state index >= 15 is 0 Å². The van der Waals surface area contributed by atoms with Crippen LogP contribution in [0.2, 0.25) is 0 Å². The highest BCUT2D eigenvalue weighted by atomic mass is 16.7. The van der Waals surface area contributed by atoms with Crippen molar-refractivity contribution in [3.05, 3.63) is 35.9 Å². The summed E-state index contributed by atoms with van der Waals surface area (Å²) < 4.78 is 11.2. The number of rotatable bonds is 3. The third-order valence-electron chi connectivity index (χ3n) is 3.07. The van der Waals surface area contributed by atoms with Crippen LogP contribution in [0.3, 0.4) is 0 Å². The quantitative estimate of drug-likeness (QED) is 0.806. The topological polar surface area (TPSA) is 35.5 Å². The fourth-order valence-corrected chi connectivity index (χ4v) is 2.03. The van der Waals surface area contributed by atoms with E-state index in [-0.39, 0.29) is 24.1 Å².